The van der Waals surface area contributed by atoms with Crippen LogP contribution in [0.15, 0.2) is 24.3 Å². The average molecular weight is 867 g/mol. The van der Waals surface area contributed by atoms with Crippen LogP contribution in [0.2, 0.25) is 0 Å². The number of anilines is 2. The van der Waals surface area contributed by atoms with Crippen LogP contribution in [0.4, 0.5) is 24.8 Å². The van der Waals surface area contributed by atoms with Gasteiger partial charge in [0.05, 0.1) is 16.5 Å². The third-order valence-corrected chi connectivity index (χ3v) is 9.68. The summed E-state index contributed by atoms with van der Waals surface area (Å²) in [4.78, 5) is 20.2. The van der Waals surface area contributed by atoms with Crippen molar-refractivity contribution in [2.75, 3.05) is 49.6 Å². The molecule has 0 aliphatic carbocycles. The molecule has 5 heterocycles. The number of ether oxygens (including phenoxy) is 1. The second kappa shape index (κ2) is 13.0. The summed E-state index contributed by atoms with van der Waals surface area (Å²) < 4.78 is 52.8. The number of pyridine rings is 1. The zero-order valence-corrected chi connectivity index (χ0v) is 30.4. The van der Waals surface area contributed by atoms with Gasteiger partial charge in [0, 0.05) is 37.5 Å². The first-order valence-corrected chi connectivity index (χ1v) is 15.6. The molecule has 3 aliphatic rings. The van der Waals surface area contributed by atoms with Crippen molar-refractivity contribution in [3.63, 3.8) is 0 Å². The fourth-order valence-electron chi connectivity index (χ4n) is 7.48. The third kappa shape index (κ3) is 5.69. The molecule has 2 fully saturated rings. The van der Waals surface area contributed by atoms with Gasteiger partial charge in [0.25, 0.3) is 0 Å². The smallest absolute Gasteiger partial charge is 0.508 e. The molecule has 2 aromatic heterocycles. The number of aromatic nitrogens is 3. The van der Waals surface area contributed by atoms with Gasteiger partial charge in [-0.25, -0.2) is 18.2 Å². The molecule has 8 nitrogen and oxygen atoms in total. The maximum atomic E-state index is 17.1. The monoisotopic (exact) mass is 866 g/mol. The maximum absolute atomic E-state index is 17.1. The molecule has 0 amide bonds. The van der Waals surface area contributed by atoms with Crippen molar-refractivity contribution in [2.45, 2.75) is 49.9 Å². The first-order chi connectivity index (χ1) is 22.1. The van der Waals surface area contributed by atoms with E-state index in [0.29, 0.717) is 61.3 Å². The molecule has 1 N–H and O–H groups in total. The summed E-state index contributed by atoms with van der Waals surface area (Å²) in [7, 11) is 1.84. The number of benzene rings is 2. The molecular weight excluding hydrogens is 831 g/mol. The summed E-state index contributed by atoms with van der Waals surface area (Å²) in [5.74, 6) is 1.59. The van der Waals surface area contributed by atoms with E-state index in [1.54, 1.807) is 0 Å². The van der Waals surface area contributed by atoms with Crippen molar-refractivity contribution < 1.29 is 54.1 Å². The zero-order chi connectivity index (χ0) is 32.3. The molecule has 2 saturated heterocycles. The molecule has 4 aromatic rings. The molecule has 2 aromatic carbocycles. The van der Waals surface area contributed by atoms with E-state index in [9.17, 15) is 13.9 Å². The summed E-state index contributed by atoms with van der Waals surface area (Å²) in [5, 5.41) is 11.7. The molecule has 0 radical (unpaired) electrons. The minimum Gasteiger partial charge on any atom is -0.508 e. The molecule has 0 bridgehead atoms. The number of halogens is 3. The third-order valence-electron chi connectivity index (χ3n) is 9.68. The van der Waals surface area contributed by atoms with Gasteiger partial charge in [-0.3, -0.25) is 4.90 Å². The Morgan fingerprint density at radius 1 is 1.15 bits per heavy atom. The van der Waals surface area contributed by atoms with Crippen molar-refractivity contribution in [3.05, 3.63) is 55.3 Å². The zero-order valence-electron chi connectivity index (χ0n) is 26.2. The van der Waals surface area contributed by atoms with Gasteiger partial charge < -0.3 is 33.5 Å². The molecular formula is C35H35F3N6O2U. The Hall–Kier alpha value is -3.25. The molecule has 0 saturated carbocycles. The van der Waals surface area contributed by atoms with Gasteiger partial charge in [-0.2, -0.15) is 16.4 Å². The number of alkyl halides is 1. The van der Waals surface area contributed by atoms with Crippen LogP contribution in [0.25, 0.3) is 32.9 Å². The van der Waals surface area contributed by atoms with Crippen LogP contribution in [0.5, 0.6) is 11.8 Å². The second-order valence-corrected chi connectivity index (χ2v) is 12.6. The number of phenols is 1. The fourth-order valence-corrected chi connectivity index (χ4v) is 7.48. The number of hydrogen-bond donors (Lipinski definition) is 1. The fraction of sp³-hybridized carbons (Fsp3) is 0.400. The summed E-state index contributed by atoms with van der Waals surface area (Å²) in [6.45, 7) is 10.8. The van der Waals surface area contributed by atoms with Crippen LogP contribution in [0.1, 0.15) is 37.7 Å². The average Bonchev–Trinajstić information content (AvgIpc) is 3.56. The summed E-state index contributed by atoms with van der Waals surface area (Å²) in [5.41, 5.74) is -0.613. The van der Waals surface area contributed by atoms with Crippen molar-refractivity contribution in [3.8, 4) is 35.4 Å². The number of phenolic OH excluding ortho intramolecular Hbond substituents is 1. The van der Waals surface area contributed by atoms with Crippen LogP contribution in [-0.4, -0.2) is 82.5 Å². The van der Waals surface area contributed by atoms with E-state index in [1.165, 1.54) is 24.3 Å². The number of terminal acetylenes is 1. The number of fused-ring (bicyclic) bond motifs is 2. The number of nitrogens with zero attached hydrogens (tertiary/aromatic N) is 6. The largest absolute Gasteiger partial charge is 2.00 e. The Balaban J connectivity index is 0.00000386. The first kappa shape index (κ1) is 33.6. The molecule has 0 unspecified atom stereocenters. The molecule has 0 spiro atoms. The van der Waals surface area contributed by atoms with E-state index < -0.39 is 23.3 Å². The van der Waals surface area contributed by atoms with E-state index in [4.69, 9.17) is 21.1 Å². The first-order valence-electron chi connectivity index (χ1n) is 15.6. The van der Waals surface area contributed by atoms with Crippen LogP contribution in [-0.2, 0) is 0 Å². The van der Waals surface area contributed by atoms with E-state index in [0.717, 1.165) is 19.4 Å². The van der Waals surface area contributed by atoms with Crippen LogP contribution in [0.3, 0.4) is 0 Å². The number of aromatic hydroxyl groups is 1. The SMILES string of the molecule is C#Cc1c(F)ccc2cc(O)cc(-c3nc4c5c(nc(OC[C@@]67CCCN6C[C@H](F)C7)nc5c3F)N(CC[CH2-])[C@@H]([CH2-])CCN4C)c12.[U+2]. The Labute approximate surface area is 296 Å². The standard InChI is InChI=1S/C35H35F3N6O2.U/c1-5-12-44-20(3)10-14-42(4)32-28-31(40-34(41-33(28)44)46-19-35-11-7-13-43(35)18-22(36)17-35)29(38)30(39-32)25-16-23(45)15-21-8-9-26(37)24(6-2)27(21)25;/h2,8-9,15-16,20,22,45H,1,3,5,7,10-14,17-19H2,4H3;/q-2;+2/t20-,22+,35-;/m0./s1. The Morgan fingerprint density at radius 2 is 1.96 bits per heavy atom. The van der Waals surface area contributed by atoms with E-state index >= 15 is 4.39 Å². The normalized spacial score (nSPS) is 22.6. The van der Waals surface area contributed by atoms with Gasteiger partial charge >= 0.3 is 37.1 Å². The van der Waals surface area contributed by atoms with Gasteiger partial charge in [0.1, 0.15) is 47.2 Å². The van der Waals surface area contributed by atoms with E-state index in [1.807, 2.05) is 16.8 Å². The topological polar surface area (TPSA) is 77.8 Å². The molecule has 242 valence electrons. The molecule has 12 heteroatoms. The molecule has 3 aliphatic heterocycles. The summed E-state index contributed by atoms with van der Waals surface area (Å²) in [6, 6.07) is 5.20. The van der Waals surface area contributed by atoms with E-state index in [-0.39, 0.29) is 83.2 Å². The van der Waals surface area contributed by atoms with Gasteiger partial charge in [-0.1, -0.05) is 18.0 Å². The predicted molar refractivity (Wildman–Crippen MR) is 173 cm³/mol. The second-order valence-electron chi connectivity index (χ2n) is 12.6. The summed E-state index contributed by atoms with van der Waals surface area (Å²) >= 11 is 0. The van der Waals surface area contributed by atoms with Crippen molar-refractivity contribution in [1.29, 1.82) is 0 Å². The van der Waals surface area contributed by atoms with Crippen LogP contribution >= 0.6 is 0 Å². The van der Waals surface area contributed by atoms with Gasteiger partial charge in [-0.05, 0) is 55.9 Å². The van der Waals surface area contributed by atoms with Crippen molar-refractivity contribution in [2.24, 2.45) is 0 Å². The Bertz CT molecular complexity index is 1900. The van der Waals surface area contributed by atoms with Crippen molar-refractivity contribution >= 4 is 33.3 Å². The van der Waals surface area contributed by atoms with Gasteiger partial charge in [0.15, 0.2) is 5.82 Å². The summed E-state index contributed by atoms with van der Waals surface area (Å²) in [6.07, 6.45) is 8.06. The predicted octanol–water partition coefficient (Wildman–Crippen LogP) is 5.84. The number of rotatable bonds is 6. The maximum Gasteiger partial charge on any atom is 2.00 e. The number of hydrogen-bond acceptors (Lipinski definition) is 8. The van der Waals surface area contributed by atoms with Crippen molar-refractivity contribution in [1.82, 2.24) is 19.9 Å². The molecule has 7 rings (SSSR count). The Kier molecular flexibility index (Phi) is 9.30. The molecule has 47 heavy (non-hydrogen) atoms. The molecule has 3 atom stereocenters. The quantitative estimate of drug-likeness (QED) is 0.192. The Morgan fingerprint density at radius 3 is 2.72 bits per heavy atom. The van der Waals surface area contributed by atoms with Crippen LogP contribution < -0.4 is 14.5 Å². The van der Waals surface area contributed by atoms with Gasteiger partial charge in [0.2, 0.25) is 0 Å². The van der Waals surface area contributed by atoms with E-state index in [2.05, 4.69) is 29.7 Å². The van der Waals surface area contributed by atoms with Gasteiger partial charge in [-0.15, -0.1) is 6.42 Å². The minimum absolute atomic E-state index is 0. The van der Waals surface area contributed by atoms with Crippen LogP contribution in [0, 0.1) is 68.9 Å². The minimum atomic E-state index is -0.937.